The Hall–Kier alpha value is -2.73. The van der Waals surface area contributed by atoms with Crippen LogP contribution >= 0.6 is 11.6 Å². The van der Waals surface area contributed by atoms with Gasteiger partial charge in [-0.2, -0.15) is 0 Å². The van der Waals surface area contributed by atoms with Crippen molar-refractivity contribution >= 4 is 23.4 Å². The summed E-state index contributed by atoms with van der Waals surface area (Å²) in [7, 11) is 0. The zero-order valence-electron chi connectivity index (χ0n) is 14.8. The number of ether oxygens (including phenoxy) is 2. The van der Waals surface area contributed by atoms with Gasteiger partial charge in [0.05, 0.1) is 0 Å². The Labute approximate surface area is 157 Å². The van der Waals surface area contributed by atoms with Crippen LogP contribution in [0.5, 0.6) is 11.5 Å². The summed E-state index contributed by atoms with van der Waals surface area (Å²) in [5.41, 5.74) is 6.57. The van der Waals surface area contributed by atoms with E-state index in [2.05, 4.69) is 10.9 Å². The summed E-state index contributed by atoms with van der Waals surface area (Å²) >= 11 is 5.79. The van der Waals surface area contributed by atoms with Gasteiger partial charge in [0.1, 0.15) is 11.5 Å². The van der Waals surface area contributed by atoms with E-state index in [0.29, 0.717) is 16.5 Å². The molecule has 2 amide bonds. The fourth-order valence-corrected chi connectivity index (χ4v) is 2.17. The topological polar surface area (TPSA) is 76.7 Å². The second-order valence-corrected chi connectivity index (χ2v) is 6.25. The van der Waals surface area contributed by atoms with E-state index in [1.165, 1.54) is 0 Å². The van der Waals surface area contributed by atoms with Gasteiger partial charge < -0.3 is 9.47 Å². The van der Waals surface area contributed by atoms with Gasteiger partial charge >= 0.3 is 0 Å². The van der Waals surface area contributed by atoms with Gasteiger partial charge in [-0.05, 0) is 62.2 Å². The molecule has 0 unspecified atom stereocenters. The minimum Gasteiger partial charge on any atom is -0.483 e. The van der Waals surface area contributed by atoms with Crippen LogP contribution in [0.2, 0.25) is 5.02 Å². The summed E-state index contributed by atoms with van der Waals surface area (Å²) in [6.45, 7) is 5.19. The maximum Gasteiger partial charge on any atom is 0.279 e. The van der Waals surface area contributed by atoms with Crippen molar-refractivity contribution in [2.75, 3.05) is 6.61 Å². The highest BCUT2D eigenvalue weighted by atomic mass is 35.5. The Morgan fingerprint density at radius 3 is 2.46 bits per heavy atom. The van der Waals surface area contributed by atoms with Crippen molar-refractivity contribution in [2.45, 2.75) is 26.9 Å². The van der Waals surface area contributed by atoms with Crippen LogP contribution in [0.25, 0.3) is 0 Å². The molecule has 1 atom stereocenters. The molecule has 138 valence electrons. The number of carbonyl (C=O) groups excluding carboxylic acids is 2. The maximum absolute atomic E-state index is 12.0. The molecule has 0 radical (unpaired) electrons. The minimum absolute atomic E-state index is 0.211. The third-order valence-corrected chi connectivity index (χ3v) is 3.78. The van der Waals surface area contributed by atoms with Gasteiger partial charge in [0.25, 0.3) is 11.8 Å². The van der Waals surface area contributed by atoms with Gasteiger partial charge in [-0.3, -0.25) is 20.4 Å². The highest BCUT2D eigenvalue weighted by molar-refractivity contribution is 6.30. The van der Waals surface area contributed by atoms with E-state index >= 15 is 0 Å². The van der Waals surface area contributed by atoms with Crippen LogP contribution in [-0.2, 0) is 9.59 Å². The summed E-state index contributed by atoms with van der Waals surface area (Å²) in [4.78, 5) is 23.8. The first-order chi connectivity index (χ1) is 12.3. The van der Waals surface area contributed by atoms with Gasteiger partial charge in [-0.15, -0.1) is 0 Å². The highest BCUT2D eigenvalue weighted by Crippen LogP contribution is 2.19. The van der Waals surface area contributed by atoms with Crippen LogP contribution in [0, 0.1) is 13.8 Å². The van der Waals surface area contributed by atoms with E-state index in [1.807, 2.05) is 32.0 Å². The largest absolute Gasteiger partial charge is 0.483 e. The van der Waals surface area contributed by atoms with Crippen LogP contribution in [0.1, 0.15) is 18.1 Å². The van der Waals surface area contributed by atoms with Gasteiger partial charge in [0.15, 0.2) is 12.7 Å². The third-order valence-electron chi connectivity index (χ3n) is 3.52. The molecule has 0 bridgehead atoms. The molecule has 2 rings (SSSR count). The Balaban J connectivity index is 1.76. The molecule has 0 saturated carbocycles. The first kappa shape index (κ1) is 19.6. The molecule has 0 aromatic heterocycles. The Bertz CT molecular complexity index is 778. The van der Waals surface area contributed by atoms with Crippen molar-refractivity contribution < 1.29 is 19.1 Å². The van der Waals surface area contributed by atoms with Crippen molar-refractivity contribution in [2.24, 2.45) is 0 Å². The molecule has 0 fully saturated rings. The fourth-order valence-electron chi connectivity index (χ4n) is 2.05. The highest BCUT2D eigenvalue weighted by Gasteiger charge is 2.15. The molecule has 2 N–H and O–H groups in total. The molecule has 0 heterocycles. The number of halogens is 1. The standard InChI is InChI=1S/C19H21ClN2O4/c1-12-4-5-13(2)17(10-12)25-11-18(23)21-22-19(24)14(3)26-16-8-6-15(20)7-9-16/h4-10,14H,11H2,1-3H3,(H,21,23)(H,22,24)/t14-/m0/s1. The summed E-state index contributed by atoms with van der Waals surface area (Å²) in [6, 6.07) is 12.4. The summed E-state index contributed by atoms with van der Waals surface area (Å²) in [5.74, 6) is 0.172. The van der Waals surface area contributed by atoms with Crippen LogP contribution in [0.15, 0.2) is 42.5 Å². The summed E-state index contributed by atoms with van der Waals surface area (Å²) < 4.78 is 10.9. The van der Waals surface area contributed by atoms with Crippen molar-refractivity contribution in [1.29, 1.82) is 0 Å². The lowest BCUT2D eigenvalue weighted by Crippen LogP contribution is -2.48. The molecular weight excluding hydrogens is 356 g/mol. The zero-order chi connectivity index (χ0) is 19.1. The van der Waals surface area contributed by atoms with Crippen molar-refractivity contribution in [3.05, 3.63) is 58.6 Å². The van der Waals surface area contributed by atoms with Gasteiger partial charge in [0.2, 0.25) is 0 Å². The number of amides is 2. The van der Waals surface area contributed by atoms with E-state index < -0.39 is 17.9 Å². The molecule has 0 aliphatic heterocycles. The van der Waals surface area contributed by atoms with Crippen molar-refractivity contribution in [3.63, 3.8) is 0 Å². The average Bonchev–Trinajstić information content (AvgIpc) is 2.62. The van der Waals surface area contributed by atoms with Gasteiger partial charge in [-0.1, -0.05) is 23.7 Å². The lowest BCUT2D eigenvalue weighted by Gasteiger charge is -2.15. The number of nitrogens with one attached hydrogen (secondary N) is 2. The molecule has 26 heavy (non-hydrogen) atoms. The molecule has 2 aromatic rings. The van der Waals surface area contributed by atoms with E-state index in [-0.39, 0.29) is 6.61 Å². The first-order valence-electron chi connectivity index (χ1n) is 8.06. The molecule has 2 aromatic carbocycles. The van der Waals surface area contributed by atoms with Crippen LogP contribution in [0.4, 0.5) is 0 Å². The van der Waals surface area contributed by atoms with Crippen molar-refractivity contribution in [3.8, 4) is 11.5 Å². The Morgan fingerprint density at radius 1 is 1.08 bits per heavy atom. The monoisotopic (exact) mass is 376 g/mol. The number of hydrogen-bond donors (Lipinski definition) is 2. The second-order valence-electron chi connectivity index (χ2n) is 5.81. The second kappa shape index (κ2) is 9.10. The number of hydrogen-bond acceptors (Lipinski definition) is 4. The number of benzene rings is 2. The number of carbonyl (C=O) groups is 2. The van der Waals surface area contributed by atoms with E-state index in [0.717, 1.165) is 11.1 Å². The SMILES string of the molecule is Cc1ccc(C)c(OCC(=O)NNC(=O)[C@H](C)Oc2ccc(Cl)cc2)c1. The first-order valence-corrected chi connectivity index (χ1v) is 8.44. The van der Waals surface area contributed by atoms with E-state index in [1.54, 1.807) is 31.2 Å². The lowest BCUT2D eigenvalue weighted by molar-refractivity contribution is -0.133. The van der Waals surface area contributed by atoms with Crippen LogP contribution in [0.3, 0.4) is 0 Å². The van der Waals surface area contributed by atoms with Crippen LogP contribution < -0.4 is 20.3 Å². The third kappa shape index (κ3) is 5.97. The lowest BCUT2D eigenvalue weighted by atomic mass is 10.1. The summed E-state index contributed by atoms with van der Waals surface area (Å²) in [5, 5.41) is 0.575. The molecule has 6 nitrogen and oxygen atoms in total. The van der Waals surface area contributed by atoms with Gasteiger partial charge in [-0.25, -0.2) is 0 Å². The minimum atomic E-state index is -0.795. The molecule has 0 saturated heterocycles. The molecule has 0 aliphatic carbocycles. The van der Waals surface area contributed by atoms with Crippen molar-refractivity contribution in [1.82, 2.24) is 10.9 Å². The maximum atomic E-state index is 12.0. The van der Waals surface area contributed by atoms with Gasteiger partial charge in [0, 0.05) is 5.02 Å². The molecule has 7 heteroatoms. The number of hydrazine groups is 1. The van der Waals surface area contributed by atoms with E-state index in [9.17, 15) is 9.59 Å². The molecular formula is C19H21ClN2O4. The summed E-state index contributed by atoms with van der Waals surface area (Å²) in [6.07, 6.45) is -0.795. The smallest absolute Gasteiger partial charge is 0.279 e. The van der Waals surface area contributed by atoms with E-state index in [4.69, 9.17) is 21.1 Å². The molecule has 0 aliphatic rings. The van der Waals surface area contributed by atoms with Crippen LogP contribution in [-0.4, -0.2) is 24.5 Å². The number of aryl methyl sites for hydroxylation is 2. The normalized spacial score (nSPS) is 11.4. The number of rotatable bonds is 6. The zero-order valence-corrected chi connectivity index (χ0v) is 15.6. The predicted octanol–water partition coefficient (Wildman–Crippen LogP) is 2.95. The fraction of sp³-hybridized carbons (Fsp3) is 0.263. The predicted molar refractivity (Wildman–Crippen MR) is 99.2 cm³/mol. The Morgan fingerprint density at radius 2 is 1.77 bits per heavy atom. The quantitative estimate of drug-likeness (QED) is 0.760. The average molecular weight is 377 g/mol. The molecule has 0 spiro atoms. The Kier molecular flexibility index (Phi) is 6.86.